The van der Waals surface area contributed by atoms with Crippen LogP contribution in [0.3, 0.4) is 0 Å². The third kappa shape index (κ3) is 5.45. The second-order valence-corrected chi connectivity index (χ2v) is 8.42. The zero-order valence-corrected chi connectivity index (χ0v) is 22.0. The predicted molar refractivity (Wildman–Crippen MR) is 139 cm³/mol. The zero-order chi connectivity index (χ0) is 24.9. The van der Waals surface area contributed by atoms with Gasteiger partial charge in [0.05, 0.1) is 17.4 Å². The number of rotatable bonds is 4. The molecule has 1 aromatic carbocycles. The van der Waals surface area contributed by atoms with E-state index in [2.05, 4.69) is 44.8 Å². The Labute approximate surface area is 203 Å². The minimum Gasteiger partial charge on any atom is -0.477 e. The van der Waals surface area contributed by atoms with E-state index in [-0.39, 0.29) is 5.56 Å². The number of hydrogen-bond acceptors (Lipinski definition) is 5. The number of carboxylic acids is 1. The van der Waals surface area contributed by atoms with Crippen molar-refractivity contribution in [2.24, 2.45) is 0 Å². The topological polar surface area (TPSA) is 78.7 Å². The maximum atomic E-state index is 12.7. The molecule has 0 atom stereocenters. The van der Waals surface area contributed by atoms with E-state index < -0.39 is 11.4 Å². The maximum absolute atomic E-state index is 12.7. The summed E-state index contributed by atoms with van der Waals surface area (Å²) < 4.78 is 2.56. The van der Waals surface area contributed by atoms with Crippen molar-refractivity contribution in [1.82, 2.24) is 14.5 Å². The minimum atomic E-state index is -1.24. The number of carbonyl (C=O) groups is 1. The molecule has 33 heavy (non-hydrogen) atoms. The van der Waals surface area contributed by atoms with Crippen LogP contribution >= 0.6 is 15.9 Å². The molecule has 0 aliphatic carbocycles. The number of aromatic carboxylic acids is 1. The largest absolute Gasteiger partial charge is 0.477 e. The third-order valence-corrected chi connectivity index (χ3v) is 6.30. The summed E-state index contributed by atoms with van der Waals surface area (Å²) in [6.45, 7) is 11.7. The lowest BCUT2D eigenvalue weighted by molar-refractivity contribution is 0.0695. The Bertz CT molecular complexity index is 1170. The normalized spacial score (nSPS) is 13.1. The minimum absolute atomic E-state index is 0.264. The van der Waals surface area contributed by atoms with Crippen LogP contribution in [0.2, 0.25) is 0 Å². The van der Waals surface area contributed by atoms with Gasteiger partial charge >= 0.3 is 5.97 Å². The summed E-state index contributed by atoms with van der Waals surface area (Å²) in [4.78, 5) is 33.2. The summed E-state index contributed by atoms with van der Waals surface area (Å²) in [7, 11) is 4.14. The Kier molecular flexibility index (Phi) is 9.19. The van der Waals surface area contributed by atoms with Gasteiger partial charge in [-0.25, -0.2) is 9.78 Å². The van der Waals surface area contributed by atoms with Gasteiger partial charge in [0.15, 0.2) is 0 Å². The van der Waals surface area contributed by atoms with Crippen LogP contribution in [0.4, 0.5) is 5.82 Å². The van der Waals surface area contributed by atoms with Crippen molar-refractivity contribution >= 4 is 38.6 Å². The van der Waals surface area contributed by atoms with E-state index in [0.29, 0.717) is 22.6 Å². The van der Waals surface area contributed by atoms with Gasteiger partial charge < -0.3 is 19.5 Å². The standard InChI is InChI=1S/C21H21BrN4O3.2C2H6/c1-12-6-15-18(7-17(12)22)26(11-16(20(15)27)21(28)29)13-4-5-19(23-8-13)25-9-14(10-25)24(2)3;2*1-2/h4-8,11,14H,9-10H2,1-3H3,(H,28,29);2*1-2H3. The summed E-state index contributed by atoms with van der Waals surface area (Å²) in [5, 5.41) is 9.86. The lowest BCUT2D eigenvalue weighted by Crippen LogP contribution is -2.57. The fourth-order valence-corrected chi connectivity index (χ4v) is 3.83. The Morgan fingerprint density at radius 2 is 1.79 bits per heavy atom. The summed E-state index contributed by atoms with van der Waals surface area (Å²) in [5.41, 5.74) is 1.44. The van der Waals surface area contributed by atoms with Crippen molar-refractivity contribution in [1.29, 1.82) is 0 Å². The van der Waals surface area contributed by atoms with E-state index in [1.807, 2.05) is 52.8 Å². The summed E-state index contributed by atoms with van der Waals surface area (Å²) in [6.07, 6.45) is 3.08. The smallest absolute Gasteiger partial charge is 0.341 e. The van der Waals surface area contributed by atoms with Gasteiger partial charge in [0.25, 0.3) is 0 Å². The second kappa shape index (κ2) is 11.4. The van der Waals surface area contributed by atoms with Gasteiger partial charge in [-0.1, -0.05) is 43.6 Å². The molecule has 1 saturated heterocycles. The van der Waals surface area contributed by atoms with Crippen LogP contribution in [0.1, 0.15) is 43.6 Å². The molecule has 3 aromatic rings. The molecule has 178 valence electrons. The molecule has 1 fully saturated rings. The number of pyridine rings is 2. The number of carboxylic acid groups (broad SMARTS) is 1. The van der Waals surface area contributed by atoms with Crippen LogP contribution < -0.4 is 10.3 Å². The van der Waals surface area contributed by atoms with Crippen LogP contribution in [-0.4, -0.2) is 58.8 Å². The average Bonchev–Trinajstić information content (AvgIpc) is 2.77. The first-order valence-electron chi connectivity index (χ1n) is 11.2. The Morgan fingerprint density at radius 1 is 1.15 bits per heavy atom. The molecule has 4 rings (SSSR count). The van der Waals surface area contributed by atoms with Crippen molar-refractivity contribution in [3.8, 4) is 5.69 Å². The van der Waals surface area contributed by atoms with Crippen LogP contribution in [0.25, 0.3) is 16.6 Å². The Morgan fingerprint density at radius 3 is 2.30 bits per heavy atom. The first kappa shape index (κ1) is 26.5. The van der Waals surface area contributed by atoms with E-state index in [9.17, 15) is 14.7 Å². The van der Waals surface area contributed by atoms with Crippen LogP contribution in [0, 0.1) is 6.92 Å². The first-order valence-corrected chi connectivity index (χ1v) is 12.0. The number of benzene rings is 1. The second-order valence-electron chi connectivity index (χ2n) is 7.56. The quantitative estimate of drug-likeness (QED) is 0.527. The van der Waals surface area contributed by atoms with Crippen molar-refractivity contribution in [3.05, 3.63) is 62.5 Å². The van der Waals surface area contributed by atoms with Gasteiger partial charge in [-0.2, -0.15) is 0 Å². The van der Waals surface area contributed by atoms with Gasteiger partial charge in [0.2, 0.25) is 5.43 Å². The van der Waals surface area contributed by atoms with E-state index in [1.165, 1.54) is 6.20 Å². The molecule has 8 heteroatoms. The Balaban J connectivity index is 0.000000914. The number of fused-ring (bicyclic) bond motifs is 1. The highest BCUT2D eigenvalue weighted by Crippen LogP contribution is 2.26. The van der Waals surface area contributed by atoms with Crippen LogP contribution in [0.5, 0.6) is 0 Å². The molecular weight excluding hydrogens is 484 g/mol. The van der Waals surface area contributed by atoms with Crippen molar-refractivity contribution in [2.45, 2.75) is 40.7 Å². The SMILES string of the molecule is CC.CC.Cc1cc2c(=O)c(C(=O)O)cn(-c3ccc(N4CC(N(C)C)C4)nc3)c2cc1Br. The fraction of sp³-hybridized carbons (Fsp3) is 0.400. The molecule has 2 aromatic heterocycles. The highest BCUT2D eigenvalue weighted by atomic mass is 79.9. The lowest BCUT2D eigenvalue weighted by Gasteiger charge is -2.43. The predicted octanol–water partition coefficient (Wildman–Crippen LogP) is 4.96. The van der Waals surface area contributed by atoms with Gasteiger partial charge in [0, 0.05) is 35.2 Å². The number of hydrogen-bond donors (Lipinski definition) is 1. The zero-order valence-electron chi connectivity index (χ0n) is 20.4. The van der Waals surface area contributed by atoms with Gasteiger partial charge in [-0.15, -0.1) is 0 Å². The summed E-state index contributed by atoms with van der Waals surface area (Å²) >= 11 is 3.50. The molecule has 0 spiro atoms. The molecule has 1 aliphatic rings. The fourth-order valence-electron chi connectivity index (χ4n) is 3.50. The molecule has 7 nitrogen and oxygen atoms in total. The van der Waals surface area contributed by atoms with Gasteiger partial charge in [0.1, 0.15) is 11.4 Å². The number of likely N-dealkylation sites (N-methyl/N-ethyl adjacent to an activating group) is 1. The number of anilines is 1. The number of aryl methyl sites for hydroxylation is 1. The van der Waals surface area contributed by atoms with Crippen molar-refractivity contribution in [3.63, 3.8) is 0 Å². The molecule has 0 bridgehead atoms. The van der Waals surface area contributed by atoms with Gasteiger partial charge in [-0.3, -0.25) is 4.79 Å². The van der Waals surface area contributed by atoms with E-state index in [4.69, 9.17) is 0 Å². The average molecular weight is 517 g/mol. The molecule has 0 saturated carbocycles. The molecule has 1 aliphatic heterocycles. The first-order chi connectivity index (χ1) is 15.8. The number of halogens is 1. The monoisotopic (exact) mass is 516 g/mol. The summed E-state index contributed by atoms with van der Waals surface area (Å²) in [5.74, 6) is -0.362. The molecule has 0 amide bonds. The van der Waals surface area contributed by atoms with Crippen molar-refractivity contribution in [2.75, 3.05) is 32.1 Å². The molecular formula is C25H33BrN4O3. The van der Waals surface area contributed by atoms with Gasteiger partial charge in [-0.05, 0) is 50.8 Å². The molecule has 3 heterocycles. The number of aromatic nitrogens is 2. The number of nitrogens with zero attached hydrogens (tertiary/aromatic N) is 4. The lowest BCUT2D eigenvalue weighted by atomic mass is 10.1. The molecule has 0 unspecified atom stereocenters. The maximum Gasteiger partial charge on any atom is 0.341 e. The highest BCUT2D eigenvalue weighted by Gasteiger charge is 2.29. The van der Waals surface area contributed by atoms with E-state index >= 15 is 0 Å². The van der Waals surface area contributed by atoms with E-state index in [1.54, 1.807) is 16.8 Å². The third-order valence-electron chi connectivity index (χ3n) is 5.44. The molecule has 0 radical (unpaired) electrons. The van der Waals surface area contributed by atoms with E-state index in [0.717, 1.165) is 28.9 Å². The van der Waals surface area contributed by atoms with Crippen molar-refractivity contribution < 1.29 is 9.90 Å². The van der Waals surface area contributed by atoms with Crippen LogP contribution in [-0.2, 0) is 0 Å². The summed E-state index contributed by atoms with van der Waals surface area (Å²) in [6, 6.07) is 7.90. The highest BCUT2D eigenvalue weighted by molar-refractivity contribution is 9.10. The Hall–Kier alpha value is -2.71. The van der Waals surface area contributed by atoms with Crippen LogP contribution in [0.15, 0.2) is 45.9 Å². The molecule has 1 N–H and O–H groups in total.